The molecule has 1 amide bonds. The van der Waals surface area contributed by atoms with Crippen molar-refractivity contribution in [3.8, 4) is 5.75 Å². The van der Waals surface area contributed by atoms with Gasteiger partial charge < -0.3 is 15.4 Å². The van der Waals surface area contributed by atoms with Crippen LogP contribution in [0.1, 0.15) is 25.3 Å². The summed E-state index contributed by atoms with van der Waals surface area (Å²) >= 11 is 0. The van der Waals surface area contributed by atoms with Crippen molar-refractivity contribution in [2.75, 3.05) is 20.7 Å². The fourth-order valence-electron chi connectivity index (χ4n) is 1.89. The summed E-state index contributed by atoms with van der Waals surface area (Å²) in [5.41, 5.74) is 6.73. The van der Waals surface area contributed by atoms with E-state index in [1.165, 1.54) is 0 Å². The fraction of sp³-hybridized carbons (Fsp3) is 0.533. The Hall–Kier alpha value is -1.55. The molecule has 0 radical (unpaired) electrons. The van der Waals surface area contributed by atoms with Gasteiger partial charge in [0, 0.05) is 20.0 Å². The molecule has 1 atom stereocenters. The van der Waals surface area contributed by atoms with Gasteiger partial charge in [-0.05, 0) is 30.2 Å². The van der Waals surface area contributed by atoms with E-state index in [0.29, 0.717) is 19.5 Å². The number of nitrogens with zero attached hydrogens (tertiary/aromatic N) is 1. The zero-order valence-electron chi connectivity index (χ0n) is 12.1. The summed E-state index contributed by atoms with van der Waals surface area (Å²) in [5.74, 6) is 1.26. The highest BCUT2D eigenvalue weighted by Gasteiger charge is 2.14. The largest absolute Gasteiger partial charge is 0.497 e. The molecule has 1 aromatic carbocycles. The fourth-order valence-corrected chi connectivity index (χ4v) is 1.89. The van der Waals surface area contributed by atoms with E-state index in [2.05, 4.69) is 6.92 Å². The second-order valence-corrected chi connectivity index (χ2v) is 4.81. The molecule has 0 saturated heterocycles. The monoisotopic (exact) mass is 264 g/mol. The smallest absolute Gasteiger partial charge is 0.222 e. The molecule has 2 N–H and O–H groups in total. The molecule has 0 fully saturated rings. The summed E-state index contributed by atoms with van der Waals surface area (Å²) in [6.07, 6.45) is 1.47. The summed E-state index contributed by atoms with van der Waals surface area (Å²) in [4.78, 5) is 13.8. The third-order valence-corrected chi connectivity index (χ3v) is 3.38. The van der Waals surface area contributed by atoms with Crippen LogP contribution in [0.2, 0.25) is 0 Å². The molecule has 19 heavy (non-hydrogen) atoms. The topological polar surface area (TPSA) is 55.6 Å². The highest BCUT2D eigenvalue weighted by Crippen LogP contribution is 2.14. The van der Waals surface area contributed by atoms with Gasteiger partial charge in [-0.25, -0.2) is 0 Å². The van der Waals surface area contributed by atoms with Crippen LogP contribution >= 0.6 is 0 Å². The second-order valence-electron chi connectivity index (χ2n) is 4.81. The Morgan fingerprint density at radius 3 is 2.47 bits per heavy atom. The summed E-state index contributed by atoms with van der Waals surface area (Å²) in [6, 6.07) is 7.76. The zero-order chi connectivity index (χ0) is 14.3. The second kappa shape index (κ2) is 7.79. The minimum atomic E-state index is 0.146. The molecule has 0 saturated carbocycles. The number of hydrogen-bond donors (Lipinski definition) is 1. The minimum absolute atomic E-state index is 0.146. The zero-order valence-corrected chi connectivity index (χ0v) is 12.1. The number of methoxy groups -OCH3 is 1. The van der Waals surface area contributed by atoms with Crippen LogP contribution in [0, 0.1) is 5.92 Å². The Labute approximate surface area is 115 Å². The number of benzene rings is 1. The van der Waals surface area contributed by atoms with Gasteiger partial charge in [0.25, 0.3) is 0 Å². The minimum Gasteiger partial charge on any atom is -0.497 e. The Morgan fingerprint density at radius 1 is 1.37 bits per heavy atom. The molecule has 0 aromatic heterocycles. The number of amides is 1. The van der Waals surface area contributed by atoms with Gasteiger partial charge in [-0.2, -0.15) is 0 Å². The van der Waals surface area contributed by atoms with Crippen molar-refractivity contribution < 1.29 is 9.53 Å². The molecule has 0 aliphatic carbocycles. The highest BCUT2D eigenvalue weighted by molar-refractivity contribution is 5.76. The molecule has 0 heterocycles. The van der Waals surface area contributed by atoms with Crippen molar-refractivity contribution in [2.45, 2.75) is 26.3 Å². The van der Waals surface area contributed by atoms with Crippen molar-refractivity contribution in [1.29, 1.82) is 0 Å². The van der Waals surface area contributed by atoms with Gasteiger partial charge in [-0.1, -0.05) is 25.5 Å². The Balaban J connectivity index is 2.53. The van der Waals surface area contributed by atoms with Gasteiger partial charge in [0.15, 0.2) is 0 Å². The maximum atomic E-state index is 12.0. The maximum absolute atomic E-state index is 12.0. The lowest BCUT2D eigenvalue weighted by Gasteiger charge is -2.20. The van der Waals surface area contributed by atoms with Crippen LogP contribution in [0.15, 0.2) is 24.3 Å². The normalized spacial score (nSPS) is 12.0. The quantitative estimate of drug-likeness (QED) is 0.820. The molecule has 0 bridgehead atoms. The Kier molecular flexibility index (Phi) is 6.36. The molecule has 106 valence electrons. The Bertz CT molecular complexity index is 386. The lowest BCUT2D eigenvalue weighted by atomic mass is 10.0. The van der Waals surface area contributed by atoms with Crippen LogP contribution in [-0.4, -0.2) is 31.5 Å². The standard InChI is InChI=1S/C15H24N2O2/c1-4-12(10-16)9-15(18)17(2)11-13-5-7-14(19-3)8-6-13/h5-8,12H,4,9-11,16H2,1-3H3. The van der Waals surface area contributed by atoms with E-state index in [9.17, 15) is 4.79 Å². The number of carbonyl (C=O) groups is 1. The van der Waals surface area contributed by atoms with Crippen molar-refractivity contribution in [3.63, 3.8) is 0 Å². The lowest BCUT2D eigenvalue weighted by molar-refractivity contribution is -0.131. The van der Waals surface area contributed by atoms with Crippen LogP contribution in [0.3, 0.4) is 0 Å². The third kappa shape index (κ3) is 4.91. The number of hydrogen-bond acceptors (Lipinski definition) is 3. The maximum Gasteiger partial charge on any atom is 0.222 e. The third-order valence-electron chi connectivity index (χ3n) is 3.38. The first-order valence-corrected chi connectivity index (χ1v) is 6.67. The number of nitrogens with two attached hydrogens (primary N) is 1. The van der Waals surface area contributed by atoms with Gasteiger partial charge in [0.05, 0.1) is 7.11 Å². The molecule has 1 unspecified atom stereocenters. The van der Waals surface area contributed by atoms with Crippen molar-refractivity contribution in [3.05, 3.63) is 29.8 Å². The van der Waals surface area contributed by atoms with E-state index < -0.39 is 0 Å². The predicted molar refractivity (Wildman–Crippen MR) is 76.9 cm³/mol. The van der Waals surface area contributed by atoms with Crippen LogP contribution in [0.25, 0.3) is 0 Å². The first-order valence-electron chi connectivity index (χ1n) is 6.67. The van der Waals surface area contributed by atoms with Gasteiger partial charge >= 0.3 is 0 Å². The molecule has 0 aliphatic heterocycles. The molecular formula is C15H24N2O2. The molecule has 4 nitrogen and oxygen atoms in total. The molecule has 0 spiro atoms. The molecule has 1 aromatic rings. The van der Waals surface area contributed by atoms with E-state index in [1.807, 2.05) is 31.3 Å². The Morgan fingerprint density at radius 2 is 2.00 bits per heavy atom. The number of ether oxygens (including phenoxy) is 1. The predicted octanol–water partition coefficient (Wildman–Crippen LogP) is 2.03. The van der Waals surface area contributed by atoms with Gasteiger partial charge in [0.2, 0.25) is 5.91 Å². The van der Waals surface area contributed by atoms with E-state index in [4.69, 9.17) is 10.5 Å². The summed E-state index contributed by atoms with van der Waals surface area (Å²) < 4.78 is 5.11. The van der Waals surface area contributed by atoms with Crippen molar-refractivity contribution >= 4 is 5.91 Å². The number of rotatable bonds is 7. The summed E-state index contributed by atoms with van der Waals surface area (Å²) in [5, 5.41) is 0. The summed E-state index contributed by atoms with van der Waals surface area (Å²) in [6.45, 7) is 3.25. The van der Waals surface area contributed by atoms with Crippen LogP contribution in [-0.2, 0) is 11.3 Å². The average Bonchev–Trinajstić information content (AvgIpc) is 2.45. The van der Waals surface area contributed by atoms with Crippen molar-refractivity contribution in [1.82, 2.24) is 4.90 Å². The molecular weight excluding hydrogens is 240 g/mol. The van der Waals surface area contributed by atoms with Crippen LogP contribution in [0.4, 0.5) is 0 Å². The first kappa shape index (κ1) is 15.5. The molecule has 0 aliphatic rings. The van der Waals surface area contributed by atoms with E-state index in [-0.39, 0.29) is 11.8 Å². The molecule has 4 heteroatoms. The molecule has 1 rings (SSSR count). The lowest BCUT2D eigenvalue weighted by Crippen LogP contribution is -2.29. The van der Waals surface area contributed by atoms with Gasteiger partial charge in [-0.3, -0.25) is 4.79 Å². The summed E-state index contributed by atoms with van der Waals surface area (Å²) in [7, 11) is 3.47. The van der Waals surface area contributed by atoms with Crippen LogP contribution < -0.4 is 10.5 Å². The SMILES string of the molecule is CCC(CN)CC(=O)N(C)Cc1ccc(OC)cc1. The van der Waals surface area contributed by atoms with E-state index >= 15 is 0 Å². The van der Waals surface area contributed by atoms with Gasteiger partial charge in [0.1, 0.15) is 5.75 Å². The van der Waals surface area contributed by atoms with E-state index in [1.54, 1.807) is 12.0 Å². The highest BCUT2D eigenvalue weighted by atomic mass is 16.5. The van der Waals surface area contributed by atoms with Crippen molar-refractivity contribution in [2.24, 2.45) is 11.7 Å². The van der Waals surface area contributed by atoms with Gasteiger partial charge in [-0.15, -0.1) is 0 Å². The van der Waals surface area contributed by atoms with Crippen LogP contribution in [0.5, 0.6) is 5.75 Å². The van der Waals surface area contributed by atoms with E-state index in [0.717, 1.165) is 17.7 Å². The number of carbonyl (C=O) groups excluding carboxylic acids is 1. The average molecular weight is 264 g/mol. The first-order chi connectivity index (χ1) is 9.10.